The van der Waals surface area contributed by atoms with E-state index in [0.29, 0.717) is 73.6 Å². The number of nitrogens with one attached hydrogen (secondary N) is 2. The van der Waals surface area contributed by atoms with Gasteiger partial charge < -0.3 is 35.4 Å². The van der Waals surface area contributed by atoms with Crippen LogP contribution in [0.5, 0.6) is 11.5 Å². The van der Waals surface area contributed by atoms with Gasteiger partial charge in [-0.3, -0.25) is 4.79 Å². The topological polar surface area (TPSA) is 140 Å². The SMILES string of the molecule is CC(C)c1cc(C(=O)N2CCc3c(sc4nc(-c5ccc(NC(=O)Nc6ccccc6Cl)cc5)nc(N5CCOCC5)c34)C2)c(O)cc1O. The van der Waals surface area contributed by atoms with Gasteiger partial charge in [-0.15, -0.1) is 11.3 Å². The fourth-order valence-corrected chi connectivity index (χ4v) is 7.64. The number of aromatic nitrogens is 2. The second-order valence-corrected chi connectivity index (χ2v) is 13.8. The molecular weight excluding hydrogens is 664 g/mol. The van der Waals surface area contributed by atoms with E-state index in [2.05, 4.69) is 15.5 Å². The summed E-state index contributed by atoms with van der Waals surface area (Å²) >= 11 is 7.72. The highest BCUT2D eigenvalue weighted by molar-refractivity contribution is 7.19. The summed E-state index contributed by atoms with van der Waals surface area (Å²) in [5.74, 6) is 0.852. The van der Waals surface area contributed by atoms with E-state index in [1.54, 1.807) is 58.7 Å². The maximum absolute atomic E-state index is 13.7. The smallest absolute Gasteiger partial charge is 0.323 e. The summed E-state index contributed by atoms with van der Waals surface area (Å²) in [4.78, 5) is 42.2. The Hall–Kier alpha value is -4.91. The predicted octanol–water partition coefficient (Wildman–Crippen LogP) is 7.23. The van der Waals surface area contributed by atoms with Gasteiger partial charge in [0.05, 0.1) is 41.4 Å². The Morgan fingerprint density at radius 3 is 2.45 bits per heavy atom. The van der Waals surface area contributed by atoms with Gasteiger partial charge >= 0.3 is 6.03 Å². The van der Waals surface area contributed by atoms with Crippen LogP contribution in [0.3, 0.4) is 0 Å². The molecule has 13 heteroatoms. The zero-order valence-electron chi connectivity index (χ0n) is 27.0. The Morgan fingerprint density at radius 1 is 0.959 bits per heavy atom. The Balaban J connectivity index is 1.17. The third-order valence-corrected chi connectivity index (χ3v) is 10.2. The summed E-state index contributed by atoms with van der Waals surface area (Å²) in [6.45, 7) is 7.30. The van der Waals surface area contributed by atoms with Crippen molar-refractivity contribution < 1.29 is 24.5 Å². The number of hydrogen-bond donors (Lipinski definition) is 4. The molecule has 1 fully saturated rings. The fourth-order valence-electron chi connectivity index (χ4n) is 6.23. The van der Waals surface area contributed by atoms with Gasteiger partial charge in [-0.2, -0.15) is 0 Å². The first kappa shape index (κ1) is 32.6. The van der Waals surface area contributed by atoms with E-state index in [1.165, 1.54) is 6.07 Å². The van der Waals surface area contributed by atoms with Crippen LogP contribution in [0.15, 0.2) is 60.7 Å². The number of halogens is 1. The first-order valence-corrected chi connectivity index (χ1v) is 17.3. The number of morpholine rings is 1. The van der Waals surface area contributed by atoms with Crippen LogP contribution in [0.25, 0.3) is 21.6 Å². The summed E-state index contributed by atoms with van der Waals surface area (Å²) in [6, 6.07) is 16.8. The van der Waals surface area contributed by atoms with Gasteiger partial charge in [0.25, 0.3) is 5.91 Å². The van der Waals surface area contributed by atoms with Crippen LogP contribution in [0.2, 0.25) is 5.02 Å². The van der Waals surface area contributed by atoms with Crippen LogP contribution in [-0.2, 0) is 17.7 Å². The Morgan fingerprint density at radius 2 is 1.71 bits per heavy atom. The molecule has 2 aromatic heterocycles. The first-order chi connectivity index (χ1) is 23.7. The average Bonchev–Trinajstić information content (AvgIpc) is 3.47. The van der Waals surface area contributed by atoms with E-state index in [0.717, 1.165) is 32.0 Å². The molecule has 3 amide bonds. The van der Waals surface area contributed by atoms with Crippen LogP contribution in [0, 0.1) is 0 Å². The largest absolute Gasteiger partial charge is 0.508 e. The van der Waals surface area contributed by atoms with Crippen molar-refractivity contribution >= 4 is 62.3 Å². The summed E-state index contributed by atoms with van der Waals surface area (Å²) in [6.07, 6.45) is 0.619. The normalized spacial score (nSPS) is 14.6. The molecule has 5 aromatic rings. The minimum atomic E-state index is -0.411. The Bertz CT molecular complexity index is 2060. The van der Waals surface area contributed by atoms with E-state index in [9.17, 15) is 19.8 Å². The lowest BCUT2D eigenvalue weighted by molar-refractivity contribution is 0.0734. The maximum Gasteiger partial charge on any atom is 0.323 e. The number of rotatable bonds is 6. The van der Waals surface area contributed by atoms with Crippen molar-refractivity contribution in [3.05, 3.63) is 87.3 Å². The van der Waals surface area contributed by atoms with E-state index >= 15 is 0 Å². The molecule has 0 saturated carbocycles. The second kappa shape index (κ2) is 13.5. The molecule has 0 atom stereocenters. The van der Waals surface area contributed by atoms with E-state index in [4.69, 9.17) is 26.3 Å². The van der Waals surface area contributed by atoms with E-state index in [-0.39, 0.29) is 28.9 Å². The highest BCUT2D eigenvalue weighted by Gasteiger charge is 2.31. The summed E-state index contributed by atoms with van der Waals surface area (Å²) in [7, 11) is 0. The lowest BCUT2D eigenvalue weighted by Gasteiger charge is -2.30. The number of hydrogen-bond acceptors (Lipinski definition) is 9. The van der Waals surface area contributed by atoms with E-state index < -0.39 is 6.03 Å². The van der Waals surface area contributed by atoms with Crippen molar-refractivity contribution in [2.24, 2.45) is 0 Å². The van der Waals surface area contributed by atoms with Gasteiger partial charge in [0, 0.05) is 41.8 Å². The molecule has 2 aliphatic heterocycles. The first-order valence-electron chi connectivity index (χ1n) is 16.1. The van der Waals surface area contributed by atoms with Crippen LogP contribution in [0.4, 0.5) is 22.0 Å². The molecular formula is C36H35ClN6O5S. The van der Waals surface area contributed by atoms with Gasteiger partial charge in [0.1, 0.15) is 22.1 Å². The van der Waals surface area contributed by atoms with Crippen molar-refractivity contribution in [3.8, 4) is 22.9 Å². The molecule has 252 valence electrons. The number of thiophene rings is 1. The average molecular weight is 699 g/mol. The number of carbonyl (C=O) groups excluding carboxylic acids is 2. The number of aromatic hydroxyl groups is 2. The number of nitrogens with zero attached hydrogens (tertiary/aromatic N) is 4. The summed E-state index contributed by atoms with van der Waals surface area (Å²) < 4.78 is 5.64. The van der Waals surface area contributed by atoms with Gasteiger partial charge in [0.2, 0.25) is 0 Å². The van der Waals surface area contributed by atoms with Crippen molar-refractivity contribution in [1.29, 1.82) is 0 Å². The maximum atomic E-state index is 13.7. The number of para-hydroxylation sites is 1. The number of fused-ring (bicyclic) bond motifs is 3. The molecule has 1 saturated heterocycles. The third kappa shape index (κ3) is 6.59. The van der Waals surface area contributed by atoms with Crippen molar-refractivity contribution in [1.82, 2.24) is 14.9 Å². The molecule has 11 nitrogen and oxygen atoms in total. The molecule has 7 rings (SSSR count). The summed E-state index contributed by atoms with van der Waals surface area (Å²) in [5.41, 5.74) is 3.84. The molecule has 0 radical (unpaired) electrons. The van der Waals surface area contributed by atoms with Gasteiger partial charge in [-0.25, -0.2) is 14.8 Å². The number of amides is 3. The zero-order chi connectivity index (χ0) is 34.2. The minimum Gasteiger partial charge on any atom is -0.508 e. The minimum absolute atomic E-state index is 0.0136. The monoisotopic (exact) mass is 698 g/mol. The number of anilines is 3. The molecule has 2 aliphatic rings. The molecule has 4 heterocycles. The highest BCUT2D eigenvalue weighted by atomic mass is 35.5. The van der Waals surface area contributed by atoms with Crippen LogP contribution >= 0.6 is 22.9 Å². The molecule has 0 unspecified atom stereocenters. The third-order valence-electron chi connectivity index (χ3n) is 8.80. The van der Waals surface area contributed by atoms with E-state index in [1.807, 2.05) is 26.0 Å². The van der Waals surface area contributed by atoms with Gasteiger partial charge in [-0.1, -0.05) is 37.6 Å². The quantitative estimate of drug-likeness (QED) is 0.146. The lowest BCUT2D eigenvalue weighted by Crippen LogP contribution is -2.37. The molecule has 0 bridgehead atoms. The fraction of sp³-hybridized carbons (Fsp3) is 0.278. The van der Waals surface area contributed by atoms with Crippen LogP contribution in [0.1, 0.15) is 46.1 Å². The van der Waals surface area contributed by atoms with Crippen molar-refractivity contribution in [2.45, 2.75) is 32.7 Å². The highest BCUT2D eigenvalue weighted by Crippen LogP contribution is 2.41. The number of ether oxygens (including phenoxy) is 1. The molecule has 3 aromatic carbocycles. The number of phenolic OH excluding ortho intramolecular Hbond substituents is 2. The van der Waals surface area contributed by atoms with Gasteiger partial charge in [-0.05, 0) is 65.9 Å². The number of phenols is 2. The number of carbonyl (C=O) groups is 2. The molecule has 4 N–H and O–H groups in total. The molecule has 0 spiro atoms. The lowest BCUT2D eigenvalue weighted by atomic mass is 9.97. The predicted molar refractivity (Wildman–Crippen MR) is 192 cm³/mol. The van der Waals surface area contributed by atoms with Crippen LogP contribution in [-0.4, -0.2) is 69.9 Å². The van der Waals surface area contributed by atoms with Crippen molar-refractivity contribution in [3.63, 3.8) is 0 Å². The number of benzene rings is 3. The summed E-state index contributed by atoms with van der Waals surface area (Å²) in [5, 5.41) is 27.9. The Labute approximate surface area is 292 Å². The van der Waals surface area contributed by atoms with Crippen LogP contribution < -0.4 is 15.5 Å². The second-order valence-electron chi connectivity index (χ2n) is 12.4. The molecule has 0 aliphatic carbocycles. The van der Waals surface area contributed by atoms with Crippen molar-refractivity contribution in [2.75, 3.05) is 48.4 Å². The van der Waals surface area contributed by atoms with Gasteiger partial charge in [0.15, 0.2) is 5.82 Å². The Kier molecular flexibility index (Phi) is 9.01. The zero-order valence-corrected chi connectivity index (χ0v) is 28.6. The standard InChI is InChI=1S/C36H35ClN6O5S/c1-20(2)24-17-25(29(45)18-28(24)44)35(46)43-12-11-23-30(19-43)49-34-31(23)33(42-13-15-48-16-14-42)40-32(41-34)21-7-9-22(10-8-21)38-36(47)39-27-6-4-3-5-26(27)37/h3-10,17-18,20,44-45H,11-16,19H2,1-2H3,(H2,38,39,47). The molecule has 49 heavy (non-hydrogen) atoms. The number of urea groups is 1.